The molecule has 26 heavy (non-hydrogen) atoms. The molecule has 2 atom stereocenters. The molecule has 2 N–H and O–H groups in total. The Morgan fingerprint density at radius 1 is 1.19 bits per heavy atom. The average molecular weight is 362 g/mol. The van der Waals surface area contributed by atoms with E-state index in [1.165, 1.54) is 30.3 Å². The van der Waals surface area contributed by atoms with Gasteiger partial charge in [-0.1, -0.05) is 31.9 Å². The van der Waals surface area contributed by atoms with Gasteiger partial charge in [0.25, 0.3) is 5.91 Å². The van der Waals surface area contributed by atoms with Gasteiger partial charge < -0.3 is 10.1 Å². The molecule has 2 rings (SSSR count). The third-order valence-electron chi connectivity index (χ3n) is 4.31. The number of amides is 3. The predicted octanol–water partition coefficient (Wildman–Crippen LogP) is 2.79. The third-order valence-corrected chi connectivity index (χ3v) is 4.31. The molecule has 6 nitrogen and oxygen atoms in total. The van der Waals surface area contributed by atoms with E-state index >= 15 is 0 Å². The minimum Gasteiger partial charge on any atom is -0.452 e. The lowest BCUT2D eigenvalue weighted by Crippen LogP contribution is -2.48. The van der Waals surface area contributed by atoms with Gasteiger partial charge >= 0.3 is 12.0 Å². The number of hydrogen-bond acceptors (Lipinski definition) is 4. The number of esters is 1. The maximum Gasteiger partial charge on any atom is 0.331 e. The van der Waals surface area contributed by atoms with Crippen molar-refractivity contribution < 1.29 is 23.5 Å². The summed E-state index contributed by atoms with van der Waals surface area (Å²) in [7, 11) is 0. The molecule has 0 spiro atoms. The fourth-order valence-electron chi connectivity index (χ4n) is 2.82. The number of carbonyl (C=O) groups excluding carboxylic acids is 3. The third kappa shape index (κ3) is 6.66. The van der Waals surface area contributed by atoms with E-state index in [1.807, 2.05) is 0 Å². The van der Waals surface area contributed by atoms with Crippen LogP contribution in [0.15, 0.2) is 30.3 Å². The lowest BCUT2D eigenvalue weighted by atomic mass is 9.86. The summed E-state index contributed by atoms with van der Waals surface area (Å²) in [4.78, 5) is 35.1. The van der Waals surface area contributed by atoms with Crippen LogP contribution in [0.4, 0.5) is 9.18 Å². The highest BCUT2D eigenvalue weighted by Crippen LogP contribution is 2.23. The van der Waals surface area contributed by atoms with Crippen molar-refractivity contribution in [2.24, 2.45) is 5.92 Å². The highest BCUT2D eigenvalue weighted by molar-refractivity contribution is 5.96. The largest absolute Gasteiger partial charge is 0.452 e. The minimum absolute atomic E-state index is 0.0535. The normalized spacial score (nSPS) is 19.8. The summed E-state index contributed by atoms with van der Waals surface area (Å²) in [6, 6.07) is 5.02. The summed E-state index contributed by atoms with van der Waals surface area (Å²) >= 11 is 0. The van der Waals surface area contributed by atoms with Gasteiger partial charge in [-0.05, 0) is 42.5 Å². The van der Waals surface area contributed by atoms with Crippen LogP contribution in [-0.4, -0.2) is 30.6 Å². The molecule has 1 aromatic rings. The van der Waals surface area contributed by atoms with Crippen LogP contribution in [0.25, 0.3) is 6.08 Å². The Morgan fingerprint density at radius 3 is 2.58 bits per heavy atom. The topological polar surface area (TPSA) is 84.5 Å². The number of rotatable bonds is 5. The number of carbonyl (C=O) groups is 3. The van der Waals surface area contributed by atoms with Gasteiger partial charge in [0.05, 0.1) is 0 Å². The molecule has 0 bridgehead atoms. The van der Waals surface area contributed by atoms with Crippen LogP contribution in [0.2, 0.25) is 0 Å². The summed E-state index contributed by atoms with van der Waals surface area (Å²) in [5, 5.41) is 4.93. The van der Waals surface area contributed by atoms with Crippen molar-refractivity contribution in [1.82, 2.24) is 10.6 Å². The smallest absolute Gasteiger partial charge is 0.331 e. The Kier molecular flexibility index (Phi) is 7.32. The summed E-state index contributed by atoms with van der Waals surface area (Å²) in [5.41, 5.74) is 0.619. The molecular weight excluding hydrogens is 339 g/mol. The Hall–Kier alpha value is -2.70. The highest BCUT2D eigenvalue weighted by Gasteiger charge is 2.23. The molecule has 0 aliphatic heterocycles. The molecule has 1 fully saturated rings. The van der Waals surface area contributed by atoms with Crippen molar-refractivity contribution in [3.05, 3.63) is 41.7 Å². The summed E-state index contributed by atoms with van der Waals surface area (Å²) < 4.78 is 17.5. The van der Waals surface area contributed by atoms with Crippen LogP contribution in [0, 0.1) is 11.7 Å². The van der Waals surface area contributed by atoms with Crippen molar-refractivity contribution in [2.75, 3.05) is 6.61 Å². The summed E-state index contributed by atoms with van der Waals surface area (Å²) in [5.74, 6) is -1.43. The van der Waals surface area contributed by atoms with E-state index in [9.17, 15) is 18.8 Å². The number of nitrogens with one attached hydrogen (secondary N) is 2. The quantitative estimate of drug-likeness (QED) is 0.623. The zero-order valence-electron chi connectivity index (χ0n) is 14.7. The number of halogens is 1. The summed E-state index contributed by atoms with van der Waals surface area (Å²) in [6.45, 7) is 1.52. The molecule has 0 aromatic heterocycles. The maximum atomic E-state index is 12.8. The van der Waals surface area contributed by atoms with Crippen molar-refractivity contribution in [3.63, 3.8) is 0 Å². The van der Waals surface area contributed by atoms with E-state index in [0.29, 0.717) is 11.5 Å². The van der Waals surface area contributed by atoms with Crippen LogP contribution in [0.1, 0.15) is 38.2 Å². The highest BCUT2D eigenvalue weighted by atomic mass is 19.1. The molecule has 0 radical (unpaired) electrons. The van der Waals surface area contributed by atoms with Crippen molar-refractivity contribution in [3.8, 4) is 0 Å². The van der Waals surface area contributed by atoms with Crippen LogP contribution >= 0.6 is 0 Å². The minimum atomic E-state index is -0.731. The molecule has 7 heteroatoms. The van der Waals surface area contributed by atoms with Crippen molar-refractivity contribution in [2.45, 2.75) is 38.6 Å². The first-order valence-corrected chi connectivity index (χ1v) is 8.65. The number of ether oxygens (including phenoxy) is 1. The zero-order chi connectivity index (χ0) is 18.9. The first-order chi connectivity index (χ1) is 12.4. The van der Waals surface area contributed by atoms with Gasteiger partial charge in [0.2, 0.25) is 0 Å². The Labute approximate surface area is 151 Å². The maximum absolute atomic E-state index is 12.8. The molecule has 140 valence electrons. The van der Waals surface area contributed by atoms with Crippen LogP contribution in [-0.2, 0) is 14.3 Å². The second kappa shape index (κ2) is 9.70. The van der Waals surface area contributed by atoms with Crippen LogP contribution in [0.3, 0.4) is 0 Å². The predicted molar refractivity (Wildman–Crippen MR) is 94.5 cm³/mol. The van der Waals surface area contributed by atoms with E-state index in [-0.39, 0.29) is 11.9 Å². The van der Waals surface area contributed by atoms with Gasteiger partial charge in [-0.15, -0.1) is 0 Å². The molecule has 2 unspecified atom stereocenters. The van der Waals surface area contributed by atoms with Gasteiger partial charge in [0.15, 0.2) is 6.61 Å². The summed E-state index contributed by atoms with van der Waals surface area (Å²) in [6.07, 6.45) is 6.73. The van der Waals surface area contributed by atoms with E-state index in [2.05, 4.69) is 17.6 Å². The number of hydrogen-bond donors (Lipinski definition) is 2. The molecule has 1 aliphatic carbocycles. The van der Waals surface area contributed by atoms with E-state index < -0.39 is 24.5 Å². The number of benzene rings is 1. The fraction of sp³-hybridized carbons (Fsp3) is 0.421. The van der Waals surface area contributed by atoms with Gasteiger partial charge in [-0.25, -0.2) is 14.0 Å². The first-order valence-electron chi connectivity index (χ1n) is 8.65. The fourth-order valence-corrected chi connectivity index (χ4v) is 2.82. The second-order valence-electron chi connectivity index (χ2n) is 6.38. The molecule has 1 saturated carbocycles. The number of imide groups is 1. The van der Waals surface area contributed by atoms with Crippen molar-refractivity contribution in [1.29, 1.82) is 0 Å². The SMILES string of the molecule is CC1CCCCC1NC(=O)NC(=O)COC(=O)/C=C/c1ccc(F)cc1. The second-order valence-corrected chi connectivity index (χ2v) is 6.38. The average Bonchev–Trinajstić information content (AvgIpc) is 2.61. The first kappa shape index (κ1) is 19.6. The molecule has 1 aromatic carbocycles. The Morgan fingerprint density at radius 2 is 1.88 bits per heavy atom. The van der Waals surface area contributed by atoms with Gasteiger partial charge in [0.1, 0.15) is 5.82 Å². The monoisotopic (exact) mass is 362 g/mol. The Bertz CT molecular complexity index is 673. The standard InChI is InChI=1S/C19H23FN2O4/c1-13-4-2-3-5-16(13)21-19(25)22-17(23)12-26-18(24)11-8-14-6-9-15(20)10-7-14/h6-11,13,16H,2-5,12H2,1H3,(H2,21,22,23,25)/b11-8+. The van der Waals surface area contributed by atoms with E-state index in [4.69, 9.17) is 4.74 Å². The molecule has 1 aliphatic rings. The molecule has 0 saturated heterocycles. The Balaban J connectivity index is 1.69. The zero-order valence-corrected chi connectivity index (χ0v) is 14.7. The van der Waals surface area contributed by atoms with Crippen LogP contribution < -0.4 is 10.6 Å². The lowest BCUT2D eigenvalue weighted by Gasteiger charge is -2.29. The van der Waals surface area contributed by atoms with E-state index in [1.54, 1.807) is 0 Å². The number of urea groups is 1. The van der Waals surface area contributed by atoms with Gasteiger partial charge in [-0.2, -0.15) is 0 Å². The molecule has 3 amide bonds. The molecular formula is C19H23FN2O4. The van der Waals surface area contributed by atoms with Gasteiger partial charge in [0, 0.05) is 12.1 Å². The van der Waals surface area contributed by atoms with Gasteiger partial charge in [-0.3, -0.25) is 10.1 Å². The van der Waals surface area contributed by atoms with E-state index in [0.717, 1.165) is 31.8 Å². The lowest BCUT2D eigenvalue weighted by molar-refractivity contribution is -0.143. The van der Waals surface area contributed by atoms with Crippen molar-refractivity contribution >= 4 is 24.0 Å². The molecule has 0 heterocycles. The van der Waals surface area contributed by atoms with Crippen LogP contribution in [0.5, 0.6) is 0 Å².